The number of hydrogen-bond donors (Lipinski definition) is 1. The van der Waals surface area contributed by atoms with Crippen LogP contribution in [0.5, 0.6) is 11.5 Å². The van der Waals surface area contributed by atoms with Crippen molar-refractivity contribution >= 4 is 17.5 Å². The molecule has 0 bridgehead atoms. The van der Waals surface area contributed by atoms with E-state index < -0.39 is 0 Å². The Morgan fingerprint density at radius 1 is 1.14 bits per heavy atom. The summed E-state index contributed by atoms with van der Waals surface area (Å²) in [5.74, 6) is 6.86. The smallest absolute Gasteiger partial charge is 0.244 e. The summed E-state index contributed by atoms with van der Waals surface area (Å²) in [6, 6.07) is 13.1. The van der Waals surface area contributed by atoms with Gasteiger partial charge in [0.25, 0.3) is 0 Å². The molecule has 0 radical (unpaired) electrons. The minimum absolute atomic E-state index is 0.0418. The molecule has 21 heavy (non-hydrogen) atoms. The zero-order valence-corrected chi connectivity index (χ0v) is 11.9. The van der Waals surface area contributed by atoms with E-state index in [0.717, 1.165) is 16.9 Å². The summed E-state index contributed by atoms with van der Waals surface area (Å²) in [5, 5.41) is 1.92. The highest BCUT2D eigenvalue weighted by atomic mass is 35.5. The number of fused-ring (bicyclic) bond motifs is 5. The van der Waals surface area contributed by atoms with Gasteiger partial charge in [0.05, 0.1) is 5.92 Å². The maximum atomic E-state index is 12.5. The highest BCUT2D eigenvalue weighted by Crippen LogP contribution is 2.50. The van der Waals surface area contributed by atoms with Gasteiger partial charge < -0.3 is 4.74 Å². The first-order valence-corrected chi connectivity index (χ1v) is 7.15. The van der Waals surface area contributed by atoms with E-state index >= 15 is 0 Å². The van der Waals surface area contributed by atoms with Gasteiger partial charge in [-0.3, -0.25) is 9.80 Å². The number of nitrogens with two attached hydrogens (primary N) is 1. The number of benzene rings is 2. The zero-order valence-electron chi connectivity index (χ0n) is 11.1. The summed E-state index contributed by atoms with van der Waals surface area (Å²) in [4.78, 5) is 12.5. The van der Waals surface area contributed by atoms with Gasteiger partial charge in [0.2, 0.25) is 5.91 Å². The number of halogens is 1. The van der Waals surface area contributed by atoms with Crippen LogP contribution in [-0.4, -0.2) is 17.5 Å². The van der Waals surface area contributed by atoms with Crippen molar-refractivity contribution in [2.24, 2.45) is 5.84 Å². The maximum Gasteiger partial charge on any atom is 0.244 e. The van der Waals surface area contributed by atoms with Gasteiger partial charge in [0.1, 0.15) is 11.5 Å². The number of carbonyl (C=O) groups is 1. The van der Waals surface area contributed by atoms with Gasteiger partial charge in [-0.2, -0.15) is 0 Å². The van der Waals surface area contributed by atoms with Crippen LogP contribution in [-0.2, 0) is 4.79 Å². The summed E-state index contributed by atoms with van der Waals surface area (Å²) < 4.78 is 6.01. The van der Waals surface area contributed by atoms with Crippen LogP contribution in [0.25, 0.3) is 0 Å². The lowest BCUT2D eigenvalue weighted by Crippen LogP contribution is -2.33. The molecule has 1 saturated heterocycles. The van der Waals surface area contributed by atoms with Crippen molar-refractivity contribution in [1.29, 1.82) is 0 Å². The van der Waals surface area contributed by atoms with E-state index in [1.54, 1.807) is 6.07 Å². The summed E-state index contributed by atoms with van der Waals surface area (Å²) in [7, 11) is 0. The average Bonchev–Trinajstić information content (AvgIpc) is 2.70. The number of hydrazine groups is 1. The highest BCUT2D eigenvalue weighted by Gasteiger charge is 2.45. The third kappa shape index (κ3) is 1.83. The molecule has 2 aliphatic rings. The van der Waals surface area contributed by atoms with Crippen molar-refractivity contribution < 1.29 is 9.53 Å². The lowest BCUT2D eigenvalue weighted by molar-refractivity contribution is -0.129. The number of amides is 1. The Morgan fingerprint density at radius 3 is 2.76 bits per heavy atom. The van der Waals surface area contributed by atoms with Crippen molar-refractivity contribution in [3.8, 4) is 11.5 Å². The second-order valence-corrected chi connectivity index (χ2v) is 5.83. The minimum Gasteiger partial charge on any atom is -0.457 e. The molecule has 1 amide bonds. The first-order valence-electron chi connectivity index (χ1n) is 6.77. The monoisotopic (exact) mass is 300 g/mol. The van der Waals surface area contributed by atoms with Crippen molar-refractivity contribution in [3.63, 3.8) is 0 Å². The Kier molecular flexibility index (Phi) is 2.71. The quantitative estimate of drug-likeness (QED) is 0.601. The highest BCUT2D eigenvalue weighted by molar-refractivity contribution is 6.30. The molecule has 2 heterocycles. The molecular formula is C16H13ClN2O2. The van der Waals surface area contributed by atoms with Crippen LogP contribution in [0, 0.1) is 0 Å². The van der Waals surface area contributed by atoms with E-state index in [9.17, 15) is 4.79 Å². The molecule has 0 spiro atoms. The molecule has 5 heteroatoms. The van der Waals surface area contributed by atoms with E-state index in [-0.39, 0.29) is 17.7 Å². The number of para-hydroxylation sites is 1. The number of ether oxygens (including phenoxy) is 1. The largest absolute Gasteiger partial charge is 0.457 e. The van der Waals surface area contributed by atoms with E-state index in [1.807, 2.05) is 36.4 Å². The summed E-state index contributed by atoms with van der Waals surface area (Å²) in [6.07, 6.45) is 0. The third-order valence-corrected chi connectivity index (χ3v) is 4.43. The maximum absolute atomic E-state index is 12.5. The molecular weight excluding hydrogens is 288 g/mol. The van der Waals surface area contributed by atoms with E-state index in [0.29, 0.717) is 17.3 Å². The molecule has 2 N–H and O–H groups in total. The molecule has 4 nitrogen and oxygen atoms in total. The van der Waals surface area contributed by atoms with Crippen molar-refractivity contribution in [2.45, 2.75) is 11.8 Å². The van der Waals surface area contributed by atoms with Gasteiger partial charge in [-0.1, -0.05) is 29.8 Å². The molecule has 4 rings (SSSR count). The molecule has 2 aromatic rings. The number of hydrogen-bond acceptors (Lipinski definition) is 3. The van der Waals surface area contributed by atoms with Crippen molar-refractivity contribution in [3.05, 3.63) is 58.6 Å². The molecule has 1 fully saturated rings. The van der Waals surface area contributed by atoms with Crippen molar-refractivity contribution in [2.75, 3.05) is 6.54 Å². The summed E-state index contributed by atoms with van der Waals surface area (Å²) >= 11 is 6.12. The fourth-order valence-electron chi connectivity index (χ4n) is 3.24. The predicted molar refractivity (Wildman–Crippen MR) is 79.4 cm³/mol. The van der Waals surface area contributed by atoms with Gasteiger partial charge in [-0.15, -0.1) is 0 Å². The number of nitrogens with zero attached hydrogens (tertiary/aromatic N) is 1. The molecule has 2 aliphatic heterocycles. The summed E-state index contributed by atoms with van der Waals surface area (Å²) in [6.45, 7) is 0.467. The van der Waals surface area contributed by atoms with Crippen LogP contribution in [0.1, 0.15) is 23.0 Å². The SMILES string of the molecule is NN1CC2c3cc(Cl)ccc3Oc3ccccc3C2C1=O. The molecule has 106 valence electrons. The average molecular weight is 301 g/mol. The summed E-state index contributed by atoms with van der Waals surface area (Å²) in [5.41, 5.74) is 1.82. The Bertz CT molecular complexity index is 747. The topological polar surface area (TPSA) is 55.6 Å². The van der Waals surface area contributed by atoms with Crippen LogP contribution >= 0.6 is 11.6 Å². The molecule has 2 unspecified atom stereocenters. The van der Waals surface area contributed by atoms with Gasteiger partial charge in [0.15, 0.2) is 0 Å². The van der Waals surface area contributed by atoms with Crippen LogP contribution in [0.2, 0.25) is 5.02 Å². The van der Waals surface area contributed by atoms with Gasteiger partial charge in [-0.05, 0) is 24.3 Å². The van der Waals surface area contributed by atoms with E-state index in [4.69, 9.17) is 22.2 Å². The first-order chi connectivity index (χ1) is 10.1. The zero-order chi connectivity index (χ0) is 14.6. The normalized spacial score (nSPS) is 23.0. The van der Waals surface area contributed by atoms with Gasteiger partial charge in [0, 0.05) is 28.6 Å². The number of carbonyl (C=O) groups excluding carboxylic acids is 1. The Morgan fingerprint density at radius 2 is 1.90 bits per heavy atom. The fraction of sp³-hybridized carbons (Fsp3) is 0.188. The second-order valence-electron chi connectivity index (χ2n) is 5.40. The fourth-order valence-corrected chi connectivity index (χ4v) is 3.42. The minimum atomic E-state index is -0.314. The first kappa shape index (κ1) is 12.7. The molecule has 2 atom stereocenters. The molecule has 0 aromatic heterocycles. The van der Waals surface area contributed by atoms with Gasteiger partial charge in [-0.25, -0.2) is 5.84 Å². The van der Waals surface area contributed by atoms with Crippen LogP contribution in [0.15, 0.2) is 42.5 Å². The molecule has 0 saturated carbocycles. The van der Waals surface area contributed by atoms with Gasteiger partial charge >= 0.3 is 0 Å². The molecule has 2 aromatic carbocycles. The standard InChI is InChI=1S/C16H13ClN2O2/c17-9-5-6-14-11(7-9)12-8-19(18)16(20)15(12)10-3-1-2-4-13(10)21-14/h1-7,12,15H,8,18H2. The lowest BCUT2D eigenvalue weighted by Gasteiger charge is -2.15. The molecule has 0 aliphatic carbocycles. The van der Waals surface area contributed by atoms with E-state index in [1.165, 1.54) is 5.01 Å². The van der Waals surface area contributed by atoms with Crippen LogP contribution < -0.4 is 10.6 Å². The van der Waals surface area contributed by atoms with E-state index in [2.05, 4.69) is 0 Å². The Balaban J connectivity index is 1.98. The van der Waals surface area contributed by atoms with Crippen LogP contribution in [0.4, 0.5) is 0 Å². The van der Waals surface area contributed by atoms with Crippen molar-refractivity contribution in [1.82, 2.24) is 5.01 Å². The predicted octanol–water partition coefficient (Wildman–Crippen LogP) is 3.03. The Hall–Kier alpha value is -2.04. The Labute approximate surface area is 127 Å². The number of rotatable bonds is 0. The third-order valence-electron chi connectivity index (χ3n) is 4.19. The lowest BCUT2D eigenvalue weighted by atomic mass is 9.84. The van der Waals surface area contributed by atoms with Crippen LogP contribution in [0.3, 0.4) is 0 Å². The second kappa shape index (κ2) is 4.48.